The number of nitrogens with zero attached hydrogens (tertiary/aromatic N) is 1. The lowest BCUT2D eigenvalue weighted by Gasteiger charge is -2.09. The van der Waals surface area contributed by atoms with Crippen molar-refractivity contribution in [2.75, 3.05) is 12.3 Å². The van der Waals surface area contributed by atoms with Gasteiger partial charge in [-0.3, -0.25) is 0 Å². The second kappa shape index (κ2) is 3.81. The van der Waals surface area contributed by atoms with Crippen molar-refractivity contribution in [2.45, 2.75) is 13.8 Å². The molecule has 0 saturated carbocycles. The fraction of sp³-hybridized carbons (Fsp3) is 0.300. The van der Waals surface area contributed by atoms with Crippen molar-refractivity contribution in [1.82, 2.24) is 0 Å². The maximum atomic E-state index is 8.34. The third-order valence-corrected chi connectivity index (χ3v) is 1.98. The summed E-state index contributed by atoms with van der Waals surface area (Å²) in [4.78, 5) is 0. The van der Waals surface area contributed by atoms with Gasteiger partial charge in [0.05, 0.1) is 0 Å². The van der Waals surface area contributed by atoms with E-state index in [2.05, 4.69) is 0 Å². The van der Waals surface area contributed by atoms with E-state index in [1.54, 1.807) is 0 Å². The first kappa shape index (κ1) is 9.40. The standard InChI is InChI=1S/C10H12N2O/c1-7-3-4-9(13-6-5-11)8(2)10(7)12/h3-4H,6,12H2,1-2H3. The molecule has 0 saturated heterocycles. The average molecular weight is 176 g/mol. The molecule has 0 aliphatic carbocycles. The largest absolute Gasteiger partial charge is 0.478 e. The Bertz CT molecular complexity index is 353. The van der Waals surface area contributed by atoms with Crippen molar-refractivity contribution in [3.63, 3.8) is 0 Å². The third-order valence-electron chi connectivity index (χ3n) is 1.98. The third kappa shape index (κ3) is 1.91. The van der Waals surface area contributed by atoms with E-state index in [-0.39, 0.29) is 6.61 Å². The SMILES string of the molecule is Cc1ccc(OCC#N)c(C)c1N. The predicted molar refractivity (Wildman–Crippen MR) is 51.4 cm³/mol. The summed E-state index contributed by atoms with van der Waals surface area (Å²) in [6, 6.07) is 5.63. The van der Waals surface area contributed by atoms with E-state index in [0.29, 0.717) is 5.75 Å². The van der Waals surface area contributed by atoms with Crippen molar-refractivity contribution in [3.05, 3.63) is 23.3 Å². The maximum Gasteiger partial charge on any atom is 0.174 e. The number of rotatable bonds is 2. The number of benzene rings is 1. The van der Waals surface area contributed by atoms with Crippen LogP contribution in [-0.4, -0.2) is 6.61 Å². The van der Waals surface area contributed by atoms with E-state index >= 15 is 0 Å². The first-order valence-electron chi connectivity index (χ1n) is 4.02. The van der Waals surface area contributed by atoms with Crippen LogP contribution in [0.1, 0.15) is 11.1 Å². The molecule has 13 heavy (non-hydrogen) atoms. The van der Waals surface area contributed by atoms with Gasteiger partial charge < -0.3 is 10.5 Å². The van der Waals surface area contributed by atoms with E-state index in [4.69, 9.17) is 15.7 Å². The molecule has 2 N–H and O–H groups in total. The molecule has 0 aliphatic heterocycles. The first-order chi connectivity index (χ1) is 6.16. The second-order valence-electron chi connectivity index (χ2n) is 2.87. The van der Waals surface area contributed by atoms with Crippen molar-refractivity contribution in [1.29, 1.82) is 5.26 Å². The van der Waals surface area contributed by atoms with E-state index in [9.17, 15) is 0 Å². The molecule has 0 aromatic heterocycles. The van der Waals surface area contributed by atoms with Crippen LogP contribution in [0.15, 0.2) is 12.1 Å². The van der Waals surface area contributed by atoms with Crippen LogP contribution in [0.25, 0.3) is 0 Å². The van der Waals surface area contributed by atoms with E-state index in [1.165, 1.54) is 0 Å². The molecule has 3 heteroatoms. The molecule has 68 valence electrons. The normalized spacial score (nSPS) is 9.31. The zero-order chi connectivity index (χ0) is 9.84. The molecule has 1 aromatic carbocycles. The average Bonchev–Trinajstić information content (AvgIpc) is 2.13. The van der Waals surface area contributed by atoms with E-state index in [1.807, 2.05) is 32.0 Å². The minimum atomic E-state index is 0.0589. The summed E-state index contributed by atoms with van der Waals surface area (Å²) in [6.07, 6.45) is 0. The number of anilines is 1. The van der Waals surface area contributed by atoms with Crippen molar-refractivity contribution >= 4 is 5.69 Å². The van der Waals surface area contributed by atoms with E-state index < -0.39 is 0 Å². The Morgan fingerprint density at radius 2 is 2.15 bits per heavy atom. The van der Waals surface area contributed by atoms with Gasteiger partial charge >= 0.3 is 0 Å². The van der Waals surface area contributed by atoms with Crippen LogP contribution in [0.5, 0.6) is 5.75 Å². The first-order valence-corrected chi connectivity index (χ1v) is 4.02. The highest BCUT2D eigenvalue weighted by Crippen LogP contribution is 2.26. The molecule has 0 bridgehead atoms. The molecular weight excluding hydrogens is 164 g/mol. The highest BCUT2D eigenvalue weighted by molar-refractivity contribution is 5.58. The van der Waals surface area contributed by atoms with Crippen LogP contribution in [0.3, 0.4) is 0 Å². The van der Waals surface area contributed by atoms with Gasteiger partial charge in [-0.2, -0.15) is 5.26 Å². The van der Waals surface area contributed by atoms with Crippen molar-refractivity contribution < 1.29 is 4.74 Å². The predicted octanol–water partition coefficient (Wildman–Crippen LogP) is 1.79. The van der Waals surface area contributed by atoms with Crippen LogP contribution in [0.2, 0.25) is 0 Å². The van der Waals surface area contributed by atoms with Gasteiger partial charge in [-0.05, 0) is 25.5 Å². The Morgan fingerprint density at radius 1 is 1.46 bits per heavy atom. The molecule has 0 unspecified atom stereocenters. The minimum Gasteiger partial charge on any atom is -0.478 e. The number of nitrogens with two attached hydrogens (primary N) is 1. The summed E-state index contributed by atoms with van der Waals surface area (Å²) in [5.74, 6) is 0.685. The van der Waals surface area contributed by atoms with Crippen molar-refractivity contribution in [2.24, 2.45) is 0 Å². The van der Waals surface area contributed by atoms with Gasteiger partial charge in [-0.25, -0.2) is 0 Å². The molecule has 0 aliphatic rings. The van der Waals surface area contributed by atoms with Gasteiger partial charge in [0, 0.05) is 11.3 Å². The Balaban J connectivity index is 2.98. The fourth-order valence-electron chi connectivity index (χ4n) is 1.11. The van der Waals surface area contributed by atoms with Crippen molar-refractivity contribution in [3.8, 4) is 11.8 Å². The minimum absolute atomic E-state index is 0.0589. The fourth-order valence-corrected chi connectivity index (χ4v) is 1.11. The number of hydrogen-bond acceptors (Lipinski definition) is 3. The molecule has 0 amide bonds. The summed E-state index contributed by atoms with van der Waals surface area (Å²) in [7, 11) is 0. The Hall–Kier alpha value is -1.69. The second-order valence-corrected chi connectivity index (χ2v) is 2.87. The zero-order valence-corrected chi connectivity index (χ0v) is 7.79. The maximum absolute atomic E-state index is 8.34. The smallest absolute Gasteiger partial charge is 0.174 e. The van der Waals surface area contributed by atoms with E-state index in [0.717, 1.165) is 16.8 Å². The number of nitriles is 1. The summed E-state index contributed by atoms with van der Waals surface area (Å²) in [5.41, 5.74) is 8.45. The van der Waals surface area contributed by atoms with Gasteiger partial charge in [0.25, 0.3) is 0 Å². The molecular formula is C10H12N2O. The van der Waals surface area contributed by atoms with Gasteiger partial charge in [0.15, 0.2) is 6.61 Å². The highest BCUT2D eigenvalue weighted by atomic mass is 16.5. The summed E-state index contributed by atoms with van der Waals surface area (Å²) >= 11 is 0. The molecule has 1 rings (SSSR count). The van der Waals surface area contributed by atoms with Crippen LogP contribution in [0, 0.1) is 25.2 Å². The topological polar surface area (TPSA) is 59.0 Å². The monoisotopic (exact) mass is 176 g/mol. The molecule has 0 spiro atoms. The van der Waals surface area contributed by atoms with Gasteiger partial charge in [0.1, 0.15) is 11.8 Å². The highest BCUT2D eigenvalue weighted by Gasteiger charge is 2.04. The molecule has 0 radical (unpaired) electrons. The lowest BCUT2D eigenvalue weighted by Crippen LogP contribution is -2.00. The van der Waals surface area contributed by atoms with Crippen LogP contribution >= 0.6 is 0 Å². The quantitative estimate of drug-likeness (QED) is 0.699. The van der Waals surface area contributed by atoms with Gasteiger partial charge in [-0.1, -0.05) is 6.07 Å². The van der Waals surface area contributed by atoms with Crippen LogP contribution < -0.4 is 10.5 Å². The Labute approximate surface area is 77.7 Å². The Kier molecular flexibility index (Phi) is 2.76. The summed E-state index contributed by atoms with van der Waals surface area (Å²) in [6.45, 7) is 3.88. The molecule has 1 aromatic rings. The molecule has 3 nitrogen and oxygen atoms in total. The zero-order valence-electron chi connectivity index (χ0n) is 7.79. The number of hydrogen-bond donors (Lipinski definition) is 1. The number of aryl methyl sites for hydroxylation is 1. The summed E-state index contributed by atoms with van der Waals surface area (Å²) < 4.78 is 5.18. The molecule has 0 fully saturated rings. The Morgan fingerprint density at radius 3 is 2.77 bits per heavy atom. The molecule has 0 heterocycles. The van der Waals surface area contributed by atoms with Crippen LogP contribution in [0.4, 0.5) is 5.69 Å². The van der Waals surface area contributed by atoms with Gasteiger partial charge in [-0.15, -0.1) is 0 Å². The summed E-state index contributed by atoms with van der Waals surface area (Å²) in [5, 5.41) is 8.34. The van der Waals surface area contributed by atoms with Crippen LogP contribution in [-0.2, 0) is 0 Å². The number of ether oxygens (including phenoxy) is 1. The molecule has 0 atom stereocenters. The number of nitrogen functional groups attached to an aromatic ring is 1. The lowest BCUT2D eigenvalue weighted by atomic mass is 10.1. The van der Waals surface area contributed by atoms with Gasteiger partial charge in [0.2, 0.25) is 0 Å². The lowest BCUT2D eigenvalue weighted by molar-refractivity contribution is 0.366.